The first-order valence-electron chi connectivity index (χ1n) is 7.11. The molecule has 1 saturated carbocycles. The van der Waals surface area contributed by atoms with Gasteiger partial charge in [-0.3, -0.25) is 5.43 Å². The molecule has 0 saturated heterocycles. The maximum absolute atomic E-state index is 5.54. The van der Waals surface area contributed by atoms with Crippen molar-refractivity contribution in [2.45, 2.75) is 57.5 Å². The molecule has 1 fully saturated rings. The van der Waals surface area contributed by atoms with Gasteiger partial charge in [-0.1, -0.05) is 19.3 Å². The minimum absolute atomic E-state index is 0.226. The van der Waals surface area contributed by atoms with Gasteiger partial charge in [-0.2, -0.15) is 0 Å². The van der Waals surface area contributed by atoms with Gasteiger partial charge in [-0.25, -0.2) is 10.8 Å². The fourth-order valence-electron chi connectivity index (χ4n) is 2.52. The molecule has 106 valence electrons. The van der Waals surface area contributed by atoms with Crippen molar-refractivity contribution in [2.24, 2.45) is 10.8 Å². The summed E-state index contributed by atoms with van der Waals surface area (Å²) in [5, 5.41) is 3.31. The van der Waals surface area contributed by atoms with Crippen molar-refractivity contribution in [3.63, 3.8) is 0 Å². The highest BCUT2D eigenvalue weighted by molar-refractivity contribution is 5.79. The van der Waals surface area contributed by atoms with Gasteiger partial charge in [0.25, 0.3) is 0 Å². The molecule has 19 heavy (non-hydrogen) atoms. The van der Waals surface area contributed by atoms with Crippen LogP contribution in [0.2, 0.25) is 0 Å². The van der Waals surface area contributed by atoms with E-state index in [1.54, 1.807) is 6.26 Å². The zero-order valence-electron chi connectivity index (χ0n) is 11.6. The SMILES string of the molecule is CC(Cc1ccco1)NC(=NC1CCCCC1)NN. The molecule has 0 aromatic carbocycles. The first-order chi connectivity index (χ1) is 9.28. The second kappa shape index (κ2) is 7.19. The minimum atomic E-state index is 0.226. The van der Waals surface area contributed by atoms with E-state index < -0.39 is 0 Å². The quantitative estimate of drug-likeness (QED) is 0.336. The Bertz CT molecular complexity index is 382. The van der Waals surface area contributed by atoms with E-state index in [4.69, 9.17) is 10.3 Å². The Hall–Kier alpha value is -1.49. The van der Waals surface area contributed by atoms with Gasteiger partial charge in [0.2, 0.25) is 5.96 Å². The molecule has 0 spiro atoms. The minimum Gasteiger partial charge on any atom is -0.469 e. The standard InChI is InChI=1S/C14H24N4O/c1-11(10-13-8-5-9-19-13)16-14(18-15)17-12-6-3-2-4-7-12/h5,8-9,11-12H,2-4,6-7,10,15H2,1H3,(H2,16,17,18). The second-order valence-corrected chi connectivity index (χ2v) is 5.24. The highest BCUT2D eigenvalue weighted by Crippen LogP contribution is 2.20. The molecule has 5 heteroatoms. The van der Waals surface area contributed by atoms with Gasteiger partial charge in [-0.05, 0) is 31.9 Å². The third-order valence-corrected chi connectivity index (χ3v) is 3.49. The normalized spacial score (nSPS) is 19.2. The Kier molecular flexibility index (Phi) is 5.27. The van der Waals surface area contributed by atoms with Gasteiger partial charge in [0.15, 0.2) is 0 Å². The molecule has 0 amide bonds. The Balaban J connectivity index is 1.85. The molecule has 0 aliphatic heterocycles. The largest absolute Gasteiger partial charge is 0.469 e. The molecule has 5 nitrogen and oxygen atoms in total. The van der Waals surface area contributed by atoms with Crippen LogP contribution in [0.1, 0.15) is 44.8 Å². The summed E-state index contributed by atoms with van der Waals surface area (Å²) in [6, 6.07) is 4.51. The lowest BCUT2D eigenvalue weighted by atomic mass is 9.96. The molecular weight excluding hydrogens is 240 g/mol. The average molecular weight is 264 g/mol. The van der Waals surface area contributed by atoms with Crippen molar-refractivity contribution in [2.75, 3.05) is 0 Å². The Labute approximate surface area is 114 Å². The lowest BCUT2D eigenvalue weighted by molar-refractivity contribution is 0.438. The molecule has 2 rings (SSSR count). The van der Waals surface area contributed by atoms with E-state index in [1.165, 1.54) is 32.1 Å². The molecule has 1 heterocycles. The van der Waals surface area contributed by atoms with Gasteiger partial charge in [0, 0.05) is 12.5 Å². The Morgan fingerprint density at radius 2 is 2.26 bits per heavy atom. The number of nitrogens with zero attached hydrogens (tertiary/aromatic N) is 1. The summed E-state index contributed by atoms with van der Waals surface area (Å²) in [5.74, 6) is 7.20. The van der Waals surface area contributed by atoms with E-state index in [1.807, 2.05) is 12.1 Å². The van der Waals surface area contributed by atoms with Crippen molar-refractivity contribution >= 4 is 5.96 Å². The molecule has 1 aliphatic carbocycles. The molecule has 0 bridgehead atoms. The number of furan rings is 1. The molecule has 1 unspecified atom stereocenters. The molecule has 1 aromatic rings. The highest BCUT2D eigenvalue weighted by atomic mass is 16.3. The van der Waals surface area contributed by atoms with E-state index in [0.29, 0.717) is 12.0 Å². The van der Waals surface area contributed by atoms with E-state index in [2.05, 4.69) is 22.7 Å². The van der Waals surface area contributed by atoms with Crippen LogP contribution < -0.4 is 16.6 Å². The van der Waals surface area contributed by atoms with E-state index in [9.17, 15) is 0 Å². The number of rotatable bonds is 4. The van der Waals surface area contributed by atoms with Crippen molar-refractivity contribution in [3.8, 4) is 0 Å². The van der Waals surface area contributed by atoms with E-state index in [-0.39, 0.29) is 6.04 Å². The van der Waals surface area contributed by atoms with Crippen molar-refractivity contribution in [3.05, 3.63) is 24.2 Å². The van der Waals surface area contributed by atoms with Crippen LogP contribution in [0.4, 0.5) is 0 Å². The number of hydrazine groups is 1. The van der Waals surface area contributed by atoms with Crippen molar-refractivity contribution < 1.29 is 4.42 Å². The Morgan fingerprint density at radius 3 is 2.89 bits per heavy atom. The van der Waals surface area contributed by atoms with E-state index in [0.717, 1.165) is 12.2 Å². The Morgan fingerprint density at radius 1 is 1.47 bits per heavy atom. The third kappa shape index (κ3) is 4.59. The first kappa shape index (κ1) is 13.9. The summed E-state index contributed by atoms with van der Waals surface area (Å²) >= 11 is 0. The maximum atomic E-state index is 5.54. The number of nitrogens with one attached hydrogen (secondary N) is 2. The van der Waals surface area contributed by atoms with Gasteiger partial charge in [-0.15, -0.1) is 0 Å². The molecule has 1 aromatic heterocycles. The number of guanidine groups is 1. The number of aliphatic imine (C=N–C) groups is 1. The molecule has 4 N–H and O–H groups in total. The molecule has 1 aliphatic rings. The van der Waals surface area contributed by atoms with Crippen LogP contribution in [0.15, 0.2) is 27.8 Å². The van der Waals surface area contributed by atoms with Gasteiger partial charge < -0.3 is 9.73 Å². The number of nitrogens with two attached hydrogens (primary N) is 1. The maximum Gasteiger partial charge on any atom is 0.206 e. The van der Waals surface area contributed by atoms with Crippen LogP contribution >= 0.6 is 0 Å². The summed E-state index contributed by atoms with van der Waals surface area (Å²) < 4.78 is 5.34. The van der Waals surface area contributed by atoms with Gasteiger partial charge in [0.05, 0.1) is 12.3 Å². The van der Waals surface area contributed by atoms with Crippen LogP contribution in [-0.2, 0) is 6.42 Å². The predicted octanol–water partition coefficient (Wildman–Crippen LogP) is 1.95. The average Bonchev–Trinajstić information content (AvgIpc) is 2.92. The second-order valence-electron chi connectivity index (χ2n) is 5.24. The fraction of sp³-hybridized carbons (Fsp3) is 0.643. The van der Waals surface area contributed by atoms with Crippen LogP contribution in [0.5, 0.6) is 0 Å². The highest BCUT2D eigenvalue weighted by Gasteiger charge is 2.14. The van der Waals surface area contributed by atoms with Crippen molar-refractivity contribution in [1.29, 1.82) is 0 Å². The van der Waals surface area contributed by atoms with Crippen LogP contribution in [0.3, 0.4) is 0 Å². The monoisotopic (exact) mass is 264 g/mol. The van der Waals surface area contributed by atoms with E-state index >= 15 is 0 Å². The smallest absolute Gasteiger partial charge is 0.206 e. The third-order valence-electron chi connectivity index (χ3n) is 3.49. The number of hydrogen-bond acceptors (Lipinski definition) is 3. The zero-order valence-corrected chi connectivity index (χ0v) is 11.6. The summed E-state index contributed by atoms with van der Waals surface area (Å²) in [4.78, 5) is 4.66. The van der Waals surface area contributed by atoms with Crippen LogP contribution in [-0.4, -0.2) is 18.0 Å². The molecule has 0 radical (unpaired) electrons. The molecular formula is C14H24N4O. The fourth-order valence-corrected chi connectivity index (χ4v) is 2.52. The van der Waals surface area contributed by atoms with Crippen molar-refractivity contribution in [1.82, 2.24) is 10.7 Å². The lowest BCUT2D eigenvalue weighted by Crippen LogP contribution is -2.46. The zero-order chi connectivity index (χ0) is 13.5. The first-order valence-corrected chi connectivity index (χ1v) is 7.11. The van der Waals surface area contributed by atoms with Gasteiger partial charge in [0.1, 0.15) is 5.76 Å². The van der Waals surface area contributed by atoms with Crippen LogP contribution in [0, 0.1) is 0 Å². The summed E-state index contributed by atoms with van der Waals surface area (Å²) in [7, 11) is 0. The summed E-state index contributed by atoms with van der Waals surface area (Å²) in [6.07, 6.45) is 8.72. The van der Waals surface area contributed by atoms with Gasteiger partial charge >= 0.3 is 0 Å². The molecule has 1 atom stereocenters. The lowest BCUT2D eigenvalue weighted by Gasteiger charge is -2.21. The predicted molar refractivity (Wildman–Crippen MR) is 76.6 cm³/mol. The topological polar surface area (TPSA) is 75.6 Å². The summed E-state index contributed by atoms with van der Waals surface area (Å²) in [5.41, 5.74) is 2.67. The van der Waals surface area contributed by atoms with Crippen LogP contribution in [0.25, 0.3) is 0 Å². The number of hydrogen-bond donors (Lipinski definition) is 3. The summed E-state index contributed by atoms with van der Waals surface area (Å²) in [6.45, 7) is 2.09.